The van der Waals surface area contributed by atoms with Crippen molar-refractivity contribution in [1.29, 1.82) is 0 Å². The van der Waals surface area contributed by atoms with E-state index in [1.807, 2.05) is 30.3 Å². The second kappa shape index (κ2) is 11.0. The first-order chi connectivity index (χ1) is 18.6. The molecule has 2 fully saturated rings. The van der Waals surface area contributed by atoms with Crippen LogP contribution in [0.2, 0.25) is 0 Å². The Labute approximate surface area is 230 Å². The SMILES string of the molecule is CSC1=CCC([C@@H]2Nc3ccccc3[C@H]3[C@@H]2CCN3C(=O)[C@H]2CCCC[C@H]2NC(=O)c2ccccc2)C=C1. The van der Waals surface area contributed by atoms with Gasteiger partial charge in [0.2, 0.25) is 5.91 Å². The molecular weight excluding hydrogens is 490 g/mol. The van der Waals surface area contributed by atoms with Gasteiger partial charge in [-0.2, -0.15) is 0 Å². The van der Waals surface area contributed by atoms with Crippen molar-refractivity contribution in [2.75, 3.05) is 18.1 Å². The van der Waals surface area contributed by atoms with Crippen molar-refractivity contribution >= 4 is 29.3 Å². The fourth-order valence-electron chi connectivity index (χ4n) is 7.12. The minimum absolute atomic E-state index is 0.0800. The summed E-state index contributed by atoms with van der Waals surface area (Å²) < 4.78 is 0. The number of allylic oxidation sites excluding steroid dienone is 2. The average Bonchev–Trinajstić information content (AvgIpc) is 3.43. The number of rotatable bonds is 5. The second-order valence-electron chi connectivity index (χ2n) is 11.1. The lowest BCUT2D eigenvalue weighted by Crippen LogP contribution is -2.51. The number of hydrogen-bond donors (Lipinski definition) is 2. The van der Waals surface area contributed by atoms with Crippen LogP contribution < -0.4 is 10.6 Å². The van der Waals surface area contributed by atoms with Gasteiger partial charge in [-0.15, -0.1) is 11.8 Å². The Kier molecular flexibility index (Phi) is 7.33. The summed E-state index contributed by atoms with van der Waals surface area (Å²) in [4.78, 5) is 30.8. The number of benzene rings is 2. The van der Waals surface area contributed by atoms with E-state index in [9.17, 15) is 9.59 Å². The van der Waals surface area contributed by atoms with Crippen LogP contribution in [0, 0.1) is 17.8 Å². The van der Waals surface area contributed by atoms with Crippen LogP contribution in [0.15, 0.2) is 77.7 Å². The maximum absolute atomic E-state index is 14.3. The van der Waals surface area contributed by atoms with Crippen molar-refractivity contribution in [1.82, 2.24) is 10.2 Å². The first-order valence-electron chi connectivity index (χ1n) is 14.1. The number of amides is 2. The van der Waals surface area contributed by atoms with Crippen LogP contribution in [0.1, 0.15) is 60.5 Å². The van der Waals surface area contributed by atoms with Crippen LogP contribution in [0.25, 0.3) is 0 Å². The van der Waals surface area contributed by atoms with Crippen molar-refractivity contribution < 1.29 is 9.59 Å². The lowest BCUT2D eigenvalue weighted by Gasteiger charge is -2.44. The Morgan fingerprint density at radius 1 is 1.00 bits per heavy atom. The van der Waals surface area contributed by atoms with E-state index >= 15 is 0 Å². The van der Waals surface area contributed by atoms with Gasteiger partial charge in [-0.1, -0.05) is 67.5 Å². The van der Waals surface area contributed by atoms with E-state index in [4.69, 9.17) is 0 Å². The lowest BCUT2D eigenvalue weighted by atomic mass is 9.75. The first kappa shape index (κ1) is 25.3. The molecule has 0 radical (unpaired) electrons. The second-order valence-corrected chi connectivity index (χ2v) is 12.0. The highest BCUT2D eigenvalue weighted by atomic mass is 32.2. The number of nitrogens with one attached hydrogen (secondary N) is 2. The normalized spacial score (nSPS) is 30.0. The third kappa shape index (κ3) is 4.79. The zero-order valence-electron chi connectivity index (χ0n) is 22.0. The smallest absolute Gasteiger partial charge is 0.251 e. The molecule has 0 spiro atoms. The third-order valence-electron chi connectivity index (χ3n) is 9.02. The number of carbonyl (C=O) groups excluding carboxylic acids is 2. The van der Waals surface area contributed by atoms with E-state index in [1.54, 1.807) is 11.8 Å². The van der Waals surface area contributed by atoms with Crippen LogP contribution in [-0.2, 0) is 4.79 Å². The van der Waals surface area contributed by atoms with Crippen LogP contribution in [0.3, 0.4) is 0 Å². The number of para-hydroxylation sites is 1. The van der Waals surface area contributed by atoms with Crippen LogP contribution in [0.5, 0.6) is 0 Å². The van der Waals surface area contributed by atoms with E-state index in [0.717, 1.165) is 50.8 Å². The van der Waals surface area contributed by atoms with Gasteiger partial charge in [0, 0.05) is 46.6 Å². The molecule has 6 heteroatoms. The quantitative estimate of drug-likeness (QED) is 0.487. The van der Waals surface area contributed by atoms with Gasteiger partial charge in [-0.25, -0.2) is 0 Å². The average molecular weight is 528 g/mol. The number of likely N-dealkylation sites (tertiary alicyclic amines) is 1. The van der Waals surface area contributed by atoms with Crippen LogP contribution in [-0.4, -0.2) is 41.6 Å². The molecule has 2 N–H and O–H groups in total. The molecule has 2 aromatic rings. The Bertz CT molecular complexity index is 1240. The van der Waals surface area contributed by atoms with Crippen molar-refractivity contribution in [3.8, 4) is 0 Å². The molecule has 1 saturated heterocycles. The Hall–Kier alpha value is -2.99. The maximum Gasteiger partial charge on any atom is 0.251 e. The van der Waals surface area contributed by atoms with Crippen molar-refractivity contribution in [2.45, 2.75) is 56.7 Å². The number of nitrogens with zero attached hydrogens (tertiary/aromatic N) is 1. The summed E-state index contributed by atoms with van der Waals surface area (Å²) in [5.74, 6) is 0.749. The molecule has 2 amide bonds. The largest absolute Gasteiger partial charge is 0.381 e. The summed E-state index contributed by atoms with van der Waals surface area (Å²) in [6.45, 7) is 0.777. The molecule has 38 heavy (non-hydrogen) atoms. The predicted molar refractivity (Wildman–Crippen MR) is 155 cm³/mol. The molecule has 6 rings (SSSR count). The fraction of sp³-hybridized carbons (Fsp3) is 0.438. The number of hydrogen-bond acceptors (Lipinski definition) is 4. The van der Waals surface area contributed by atoms with Gasteiger partial charge in [0.05, 0.1) is 12.0 Å². The van der Waals surface area contributed by atoms with E-state index < -0.39 is 0 Å². The summed E-state index contributed by atoms with van der Waals surface area (Å²) in [5, 5.41) is 7.12. The van der Waals surface area contributed by atoms with Gasteiger partial charge in [0.15, 0.2) is 0 Å². The van der Waals surface area contributed by atoms with Crippen LogP contribution in [0.4, 0.5) is 5.69 Å². The summed E-state index contributed by atoms with van der Waals surface area (Å²) in [5.41, 5.74) is 3.05. The number of thioether (sulfide) groups is 1. The van der Waals surface area contributed by atoms with Gasteiger partial charge in [-0.05, 0) is 55.7 Å². The Morgan fingerprint density at radius 2 is 1.79 bits per heavy atom. The number of carbonyl (C=O) groups is 2. The highest BCUT2D eigenvalue weighted by Crippen LogP contribution is 2.50. The van der Waals surface area contributed by atoms with Gasteiger partial charge >= 0.3 is 0 Å². The maximum atomic E-state index is 14.3. The minimum atomic E-state index is -0.169. The minimum Gasteiger partial charge on any atom is -0.381 e. The van der Waals surface area contributed by atoms with Crippen LogP contribution >= 0.6 is 11.8 Å². The van der Waals surface area contributed by atoms with E-state index in [1.165, 1.54) is 10.5 Å². The van der Waals surface area contributed by atoms with Gasteiger partial charge in [-0.3, -0.25) is 9.59 Å². The molecule has 2 aromatic carbocycles. The molecule has 4 aliphatic rings. The van der Waals surface area contributed by atoms with E-state index in [-0.39, 0.29) is 29.8 Å². The van der Waals surface area contributed by atoms with Gasteiger partial charge in [0.1, 0.15) is 0 Å². The van der Waals surface area contributed by atoms with Gasteiger partial charge in [0.25, 0.3) is 5.91 Å². The molecule has 1 unspecified atom stereocenters. The van der Waals surface area contributed by atoms with E-state index in [2.05, 4.69) is 64.3 Å². The number of fused-ring (bicyclic) bond motifs is 3. The molecule has 1 saturated carbocycles. The van der Waals surface area contributed by atoms with Crippen molar-refractivity contribution in [3.05, 3.63) is 88.9 Å². The molecule has 2 aliphatic carbocycles. The molecule has 198 valence electrons. The fourth-order valence-corrected chi connectivity index (χ4v) is 7.60. The topological polar surface area (TPSA) is 61.4 Å². The predicted octanol–water partition coefficient (Wildman–Crippen LogP) is 6.18. The third-order valence-corrected chi connectivity index (χ3v) is 9.80. The molecule has 0 aromatic heterocycles. The lowest BCUT2D eigenvalue weighted by molar-refractivity contribution is -0.139. The standard InChI is InChI=1S/C32H37N3O2S/c1-38-23-17-15-21(16-18-23)29-26-19-20-35(30(26)24-11-5-7-13-27(24)33-29)32(37)25-12-6-8-14-28(25)34-31(36)22-9-3-2-4-10-22/h2-5,7,9-11,13,15,17-18,21,25-26,28-30,33H,6,8,12,14,16,19-20H2,1H3,(H,34,36)/t21?,25-,26+,28+,29-,30-/m0/s1. The summed E-state index contributed by atoms with van der Waals surface area (Å²) in [7, 11) is 0. The molecule has 0 bridgehead atoms. The molecule has 2 heterocycles. The van der Waals surface area contributed by atoms with Crippen molar-refractivity contribution in [2.24, 2.45) is 17.8 Å². The summed E-state index contributed by atoms with van der Waals surface area (Å²) in [6.07, 6.45) is 14.9. The number of anilines is 1. The first-order valence-corrected chi connectivity index (χ1v) is 15.3. The highest BCUT2D eigenvalue weighted by molar-refractivity contribution is 8.02. The summed E-state index contributed by atoms with van der Waals surface area (Å²) >= 11 is 1.80. The summed E-state index contributed by atoms with van der Waals surface area (Å²) in [6, 6.07) is 18.1. The van der Waals surface area contributed by atoms with Crippen molar-refractivity contribution in [3.63, 3.8) is 0 Å². The van der Waals surface area contributed by atoms with Gasteiger partial charge < -0.3 is 15.5 Å². The molecule has 2 aliphatic heterocycles. The molecular formula is C32H37N3O2S. The molecule has 5 nitrogen and oxygen atoms in total. The Balaban J connectivity index is 1.25. The monoisotopic (exact) mass is 527 g/mol. The highest BCUT2D eigenvalue weighted by Gasteiger charge is 2.49. The molecule has 6 atom stereocenters. The Morgan fingerprint density at radius 3 is 2.58 bits per heavy atom. The zero-order valence-corrected chi connectivity index (χ0v) is 22.8. The zero-order chi connectivity index (χ0) is 26.1. The van der Waals surface area contributed by atoms with E-state index in [0.29, 0.717) is 23.4 Å².